The number of hydrogen-bond donors (Lipinski definition) is 1. The van der Waals surface area contributed by atoms with Crippen LogP contribution in [0.4, 0.5) is 0 Å². The summed E-state index contributed by atoms with van der Waals surface area (Å²) in [4.78, 5) is 2.63. The molecule has 0 saturated carbocycles. The van der Waals surface area contributed by atoms with Crippen LogP contribution in [0.2, 0.25) is 0 Å². The molecule has 0 aliphatic carbocycles. The smallest absolute Gasteiger partial charge is 0.161 e. The minimum absolute atomic E-state index is 0.290. The van der Waals surface area contributed by atoms with E-state index in [9.17, 15) is 0 Å². The maximum Gasteiger partial charge on any atom is 0.161 e. The van der Waals surface area contributed by atoms with Crippen LogP contribution < -0.4 is 15.2 Å². The van der Waals surface area contributed by atoms with Crippen molar-refractivity contribution in [2.75, 3.05) is 20.3 Å². The summed E-state index contributed by atoms with van der Waals surface area (Å²) < 4.78 is 10.6. The van der Waals surface area contributed by atoms with Gasteiger partial charge in [0, 0.05) is 11.5 Å². The minimum atomic E-state index is 0.290. The highest BCUT2D eigenvalue weighted by Crippen LogP contribution is 2.27. The molecule has 0 spiro atoms. The summed E-state index contributed by atoms with van der Waals surface area (Å²) in [5.41, 5.74) is 14.6. The first kappa shape index (κ1) is 12.2. The fourth-order valence-corrected chi connectivity index (χ4v) is 1.20. The first-order valence-electron chi connectivity index (χ1n) is 4.82. The van der Waals surface area contributed by atoms with E-state index in [0.29, 0.717) is 24.7 Å². The van der Waals surface area contributed by atoms with Crippen molar-refractivity contribution in [3.8, 4) is 11.5 Å². The molecule has 0 atom stereocenters. The Bertz CT molecular complexity index is 388. The van der Waals surface area contributed by atoms with Gasteiger partial charge in [0.15, 0.2) is 11.5 Å². The van der Waals surface area contributed by atoms with Crippen molar-refractivity contribution >= 4 is 0 Å². The summed E-state index contributed by atoms with van der Waals surface area (Å²) in [6.45, 7) is 1.07. The molecule has 16 heavy (non-hydrogen) atoms. The predicted molar refractivity (Wildman–Crippen MR) is 60.4 cm³/mol. The summed E-state index contributed by atoms with van der Waals surface area (Å²) in [5.74, 6) is 1.25. The average molecular weight is 222 g/mol. The lowest BCUT2D eigenvalue weighted by molar-refractivity contribution is 0.302. The van der Waals surface area contributed by atoms with Crippen LogP contribution in [0.15, 0.2) is 23.3 Å². The van der Waals surface area contributed by atoms with Crippen molar-refractivity contribution < 1.29 is 9.47 Å². The molecule has 6 heteroatoms. The first-order valence-corrected chi connectivity index (χ1v) is 4.82. The van der Waals surface area contributed by atoms with Gasteiger partial charge < -0.3 is 15.2 Å². The second-order valence-electron chi connectivity index (χ2n) is 2.99. The molecular weight excluding hydrogens is 208 g/mol. The monoisotopic (exact) mass is 222 g/mol. The molecule has 0 unspecified atom stereocenters. The maximum atomic E-state index is 8.10. The van der Waals surface area contributed by atoms with Crippen LogP contribution in [0, 0.1) is 0 Å². The Balaban J connectivity index is 2.67. The number of ether oxygens (including phenoxy) is 2. The zero-order chi connectivity index (χ0) is 11.8. The van der Waals surface area contributed by atoms with Crippen LogP contribution in [0.5, 0.6) is 11.5 Å². The molecule has 6 nitrogen and oxygen atoms in total. The highest BCUT2D eigenvalue weighted by molar-refractivity contribution is 5.42. The van der Waals surface area contributed by atoms with Gasteiger partial charge in [0.1, 0.15) is 0 Å². The van der Waals surface area contributed by atoms with Gasteiger partial charge in [-0.3, -0.25) is 0 Å². The van der Waals surface area contributed by atoms with Gasteiger partial charge in [0.25, 0.3) is 0 Å². The zero-order valence-electron chi connectivity index (χ0n) is 9.09. The van der Waals surface area contributed by atoms with E-state index in [-0.39, 0.29) is 6.54 Å². The summed E-state index contributed by atoms with van der Waals surface area (Å²) >= 11 is 0. The van der Waals surface area contributed by atoms with Gasteiger partial charge >= 0.3 is 0 Å². The van der Waals surface area contributed by atoms with Crippen molar-refractivity contribution in [3.63, 3.8) is 0 Å². The van der Waals surface area contributed by atoms with Gasteiger partial charge in [0.05, 0.1) is 20.3 Å². The summed E-state index contributed by atoms with van der Waals surface area (Å²) in [6.07, 6.45) is 0. The predicted octanol–water partition coefficient (Wildman–Crippen LogP) is 1.84. The van der Waals surface area contributed by atoms with E-state index in [4.69, 9.17) is 20.7 Å². The fraction of sp³-hybridized carbons (Fsp3) is 0.400. The van der Waals surface area contributed by atoms with E-state index in [0.717, 1.165) is 5.56 Å². The molecule has 86 valence electrons. The summed E-state index contributed by atoms with van der Waals surface area (Å²) in [7, 11) is 1.57. The van der Waals surface area contributed by atoms with Crippen molar-refractivity contribution in [3.05, 3.63) is 34.2 Å². The third kappa shape index (κ3) is 3.34. The van der Waals surface area contributed by atoms with Crippen LogP contribution in [-0.2, 0) is 6.54 Å². The summed E-state index contributed by atoms with van der Waals surface area (Å²) in [5, 5.41) is 3.37. The lowest BCUT2D eigenvalue weighted by Gasteiger charge is -2.10. The van der Waals surface area contributed by atoms with E-state index >= 15 is 0 Å². The van der Waals surface area contributed by atoms with Gasteiger partial charge in [-0.25, -0.2) is 0 Å². The quantitative estimate of drug-likeness (QED) is 0.344. The van der Waals surface area contributed by atoms with Crippen LogP contribution >= 0.6 is 0 Å². The normalized spacial score (nSPS) is 9.38. The molecule has 0 bridgehead atoms. The van der Waals surface area contributed by atoms with Crippen molar-refractivity contribution in [1.82, 2.24) is 0 Å². The molecular formula is C10H14N4O2. The van der Waals surface area contributed by atoms with E-state index in [1.165, 1.54) is 0 Å². The van der Waals surface area contributed by atoms with Gasteiger partial charge in [0.2, 0.25) is 0 Å². The standard InChI is InChI=1S/C10H14N4O2/c1-15-10-6-8(7-11)2-3-9(10)16-5-4-13-14-12/h2-3,6H,4-5,7,11H2,1H3. The molecule has 0 radical (unpaired) electrons. The van der Waals surface area contributed by atoms with E-state index < -0.39 is 0 Å². The number of benzene rings is 1. The van der Waals surface area contributed by atoms with Gasteiger partial charge in [-0.05, 0) is 23.2 Å². The Morgan fingerprint density at radius 3 is 2.88 bits per heavy atom. The Morgan fingerprint density at radius 1 is 1.44 bits per heavy atom. The number of azide groups is 1. The second kappa shape index (κ2) is 6.55. The first-order chi connectivity index (χ1) is 7.81. The van der Waals surface area contributed by atoms with Crippen LogP contribution in [0.3, 0.4) is 0 Å². The lowest BCUT2D eigenvalue weighted by Crippen LogP contribution is -2.03. The van der Waals surface area contributed by atoms with Crippen LogP contribution in [0.1, 0.15) is 5.56 Å². The second-order valence-corrected chi connectivity index (χ2v) is 2.99. The molecule has 1 rings (SSSR count). The highest BCUT2D eigenvalue weighted by atomic mass is 16.5. The third-order valence-electron chi connectivity index (χ3n) is 1.98. The molecule has 0 heterocycles. The average Bonchev–Trinajstić information content (AvgIpc) is 2.34. The maximum absolute atomic E-state index is 8.10. The van der Waals surface area contributed by atoms with E-state index in [1.54, 1.807) is 13.2 Å². The lowest BCUT2D eigenvalue weighted by atomic mass is 10.2. The Labute approximate surface area is 93.6 Å². The van der Waals surface area contributed by atoms with E-state index in [1.807, 2.05) is 12.1 Å². The molecule has 1 aromatic carbocycles. The fourth-order valence-electron chi connectivity index (χ4n) is 1.20. The number of methoxy groups -OCH3 is 1. The number of nitrogens with two attached hydrogens (primary N) is 1. The molecule has 0 aliphatic heterocycles. The van der Waals surface area contributed by atoms with Gasteiger partial charge in [-0.15, -0.1) is 0 Å². The molecule has 0 fully saturated rings. The van der Waals surface area contributed by atoms with Crippen molar-refractivity contribution in [2.45, 2.75) is 6.54 Å². The SMILES string of the molecule is COc1cc(CN)ccc1OCCN=[N+]=[N-]. The van der Waals surface area contributed by atoms with E-state index in [2.05, 4.69) is 10.0 Å². The summed E-state index contributed by atoms with van der Waals surface area (Å²) in [6, 6.07) is 5.48. The number of rotatable bonds is 6. The Kier molecular flexibility index (Phi) is 4.98. The number of hydrogen-bond acceptors (Lipinski definition) is 4. The Hall–Kier alpha value is -1.91. The zero-order valence-corrected chi connectivity index (χ0v) is 9.09. The number of nitrogens with zero attached hydrogens (tertiary/aromatic N) is 3. The third-order valence-corrected chi connectivity index (χ3v) is 1.98. The van der Waals surface area contributed by atoms with Gasteiger partial charge in [-0.1, -0.05) is 11.2 Å². The van der Waals surface area contributed by atoms with Crippen LogP contribution in [0.25, 0.3) is 10.4 Å². The van der Waals surface area contributed by atoms with Crippen LogP contribution in [-0.4, -0.2) is 20.3 Å². The highest BCUT2D eigenvalue weighted by Gasteiger charge is 2.04. The molecule has 0 amide bonds. The van der Waals surface area contributed by atoms with Crippen molar-refractivity contribution in [1.29, 1.82) is 0 Å². The molecule has 1 aromatic rings. The van der Waals surface area contributed by atoms with Crippen molar-refractivity contribution in [2.24, 2.45) is 10.8 Å². The molecule has 0 aromatic heterocycles. The Morgan fingerprint density at radius 2 is 2.25 bits per heavy atom. The minimum Gasteiger partial charge on any atom is -0.493 e. The molecule has 0 aliphatic rings. The molecule has 0 saturated heterocycles. The van der Waals surface area contributed by atoms with Gasteiger partial charge in [-0.2, -0.15) is 0 Å². The topological polar surface area (TPSA) is 93.2 Å². The molecule has 2 N–H and O–H groups in total. The largest absolute Gasteiger partial charge is 0.493 e.